The molecule has 0 heterocycles. The van der Waals surface area contributed by atoms with E-state index in [1.807, 2.05) is 0 Å². The smallest absolute Gasteiger partial charge is 0.417 e. The molecule has 0 radical (unpaired) electrons. The summed E-state index contributed by atoms with van der Waals surface area (Å²) in [5.41, 5.74) is 6.38. The zero-order chi connectivity index (χ0) is 20.0. The molecule has 144 valence electrons. The van der Waals surface area contributed by atoms with Crippen molar-refractivity contribution in [1.29, 1.82) is 0 Å². The number of hydrogen-bond donors (Lipinski definition) is 2. The highest BCUT2D eigenvalue weighted by molar-refractivity contribution is 6.30. The number of carboxylic acid groups (broad SMARTS) is 1. The van der Waals surface area contributed by atoms with E-state index in [9.17, 15) is 19.5 Å². The quantitative estimate of drug-likeness (QED) is 0.746. The third-order valence-electron chi connectivity index (χ3n) is 3.71. The Labute approximate surface area is 158 Å². The number of carbonyl (C=O) groups excluding carboxylic acids is 2. The summed E-state index contributed by atoms with van der Waals surface area (Å²) < 4.78 is 5.16. The van der Waals surface area contributed by atoms with Gasteiger partial charge in [-0.1, -0.05) is 37.6 Å². The summed E-state index contributed by atoms with van der Waals surface area (Å²) in [4.78, 5) is 37.6. The van der Waals surface area contributed by atoms with Crippen LogP contribution in [0.4, 0.5) is 4.79 Å². The Morgan fingerprint density at radius 1 is 1.15 bits per heavy atom. The van der Waals surface area contributed by atoms with Gasteiger partial charge in [0, 0.05) is 5.02 Å². The van der Waals surface area contributed by atoms with Crippen LogP contribution in [-0.4, -0.2) is 40.1 Å². The van der Waals surface area contributed by atoms with Gasteiger partial charge in [-0.25, -0.2) is 9.69 Å². The minimum Gasteiger partial charge on any atom is -0.481 e. The van der Waals surface area contributed by atoms with E-state index in [2.05, 4.69) is 0 Å². The molecule has 26 heavy (non-hydrogen) atoms. The van der Waals surface area contributed by atoms with E-state index in [0.29, 0.717) is 10.6 Å². The molecule has 0 aliphatic rings. The molecule has 1 rings (SSSR count). The van der Waals surface area contributed by atoms with Crippen molar-refractivity contribution in [2.24, 2.45) is 11.7 Å². The molecule has 0 spiro atoms. The molecule has 0 saturated heterocycles. The van der Waals surface area contributed by atoms with Crippen LogP contribution in [0.2, 0.25) is 5.02 Å². The van der Waals surface area contributed by atoms with E-state index in [-0.39, 0.29) is 5.92 Å². The second-order valence-corrected chi connectivity index (χ2v) is 7.01. The lowest BCUT2D eigenvalue weighted by Gasteiger charge is -2.32. The standard InChI is InChI=1S/C18H25ClN2O5/c1-10(2)16(20)17(24)21(18(25)26-11(3)4)14(9-15(22)23)12-5-7-13(19)8-6-12/h5-8,10-11,14,16H,9,20H2,1-4H3,(H,22,23)/t14?,16-/m0/s1. The predicted octanol–water partition coefficient (Wildman–Crippen LogP) is 3.21. The maximum Gasteiger partial charge on any atom is 0.417 e. The van der Waals surface area contributed by atoms with Crippen LogP contribution < -0.4 is 5.73 Å². The maximum atomic E-state index is 12.9. The first kappa shape index (κ1) is 21.9. The highest BCUT2D eigenvalue weighted by Crippen LogP contribution is 2.28. The van der Waals surface area contributed by atoms with E-state index in [4.69, 9.17) is 22.1 Å². The molecule has 0 aliphatic heterocycles. The fraction of sp³-hybridized carbons (Fsp3) is 0.500. The first-order chi connectivity index (χ1) is 12.0. The van der Waals surface area contributed by atoms with Gasteiger partial charge in [0.1, 0.15) is 0 Å². The van der Waals surface area contributed by atoms with Crippen molar-refractivity contribution in [3.8, 4) is 0 Å². The van der Waals surface area contributed by atoms with E-state index in [0.717, 1.165) is 4.90 Å². The molecule has 1 aromatic rings. The highest BCUT2D eigenvalue weighted by Gasteiger charge is 2.37. The average molecular weight is 385 g/mol. The molecule has 3 N–H and O–H groups in total. The lowest BCUT2D eigenvalue weighted by atomic mass is 9.98. The Bertz CT molecular complexity index is 645. The Hall–Kier alpha value is -2.12. The van der Waals surface area contributed by atoms with Gasteiger partial charge in [-0.05, 0) is 37.5 Å². The second-order valence-electron chi connectivity index (χ2n) is 6.58. The molecule has 0 aromatic heterocycles. The molecule has 0 aliphatic carbocycles. The molecule has 8 heteroatoms. The molecule has 1 aromatic carbocycles. The SMILES string of the molecule is CC(C)OC(=O)N(C(=O)[C@@H](N)C(C)C)C(CC(=O)O)c1ccc(Cl)cc1. The van der Waals surface area contributed by atoms with Gasteiger partial charge in [0.15, 0.2) is 0 Å². The zero-order valence-electron chi connectivity index (χ0n) is 15.3. The van der Waals surface area contributed by atoms with Crippen LogP contribution in [-0.2, 0) is 14.3 Å². The number of hydrogen-bond acceptors (Lipinski definition) is 5. The van der Waals surface area contributed by atoms with Crippen LogP contribution in [0, 0.1) is 5.92 Å². The van der Waals surface area contributed by atoms with Gasteiger partial charge < -0.3 is 15.6 Å². The molecular formula is C18H25ClN2O5. The number of aliphatic carboxylic acids is 1. The Kier molecular flexibility index (Phi) is 8.05. The second kappa shape index (κ2) is 9.54. The lowest BCUT2D eigenvalue weighted by Crippen LogP contribution is -2.51. The number of nitrogens with two attached hydrogens (primary N) is 1. The molecule has 2 amide bonds. The fourth-order valence-electron chi connectivity index (χ4n) is 2.28. The number of rotatable bonds is 7. The molecule has 0 saturated carbocycles. The summed E-state index contributed by atoms with van der Waals surface area (Å²) in [6, 6.07) is 4.22. The summed E-state index contributed by atoms with van der Waals surface area (Å²) in [7, 11) is 0. The normalized spacial score (nSPS) is 13.4. The van der Waals surface area contributed by atoms with Gasteiger partial charge in [0.05, 0.1) is 24.6 Å². The largest absolute Gasteiger partial charge is 0.481 e. The van der Waals surface area contributed by atoms with Crippen molar-refractivity contribution < 1.29 is 24.2 Å². The Morgan fingerprint density at radius 3 is 2.12 bits per heavy atom. The van der Waals surface area contributed by atoms with Crippen LogP contribution in [0.3, 0.4) is 0 Å². The van der Waals surface area contributed by atoms with Crippen molar-refractivity contribution in [3.63, 3.8) is 0 Å². The number of carboxylic acids is 1. The third-order valence-corrected chi connectivity index (χ3v) is 3.96. The fourth-order valence-corrected chi connectivity index (χ4v) is 2.41. The van der Waals surface area contributed by atoms with Gasteiger partial charge >= 0.3 is 12.1 Å². The van der Waals surface area contributed by atoms with Crippen LogP contribution in [0.1, 0.15) is 45.7 Å². The molecule has 2 atom stereocenters. The molecule has 1 unspecified atom stereocenters. The zero-order valence-corrected chi connectivity index (χ0v) is 16.1. The Balaban J connectivity index is 3.39. The number of imide groups is 1. The number of halogens is 1. The van der Waals surface area contributed by atoms with Gasteiger partial charge in [0.25, 0.3) is 0 Å². The first-order valence-corrected chi connectivity index (χ1v) is 8.68. The summed E-state index contributed by atoms with van der Waals surface area (Å²) >= 11 is 5.88. The first-order valence-electron chi connectivity index (χ1n) is 8.31. The average Bonchev–Trinajstić information content (AvgIpc) is 2.52. The summed E-state index contributed by atoms with van der Waals surface area (Å²) in [5, 5.41) is 9.74. The Morgan fingerprint density at radius 2 is 1.69 bits per heavy atom. The van der Waals surface area contributed by atoms with Crippen molar-refractivity contribution in [2.45, 2.75) is 52.3 Å². The highest BCUT2D eigenvalue weighted by atomic mass is 35.5. The molecule has 0 bridgehead atoms. The van der Waals surface area contributed by atoms with Gasteiger partial charge in [-0.15, -0.1) is 0 Å². The van der Waals surface area contributed by atoms with Crippen molar-refractivity contribution in [3.05, 3.63) is 34.9 Å². The van der Waals surface area contributed by atoms with Gasteiger partial charge in [-0.2, -0.15) is 0 Å². The van der Waals surface area contributed by atoms with Crippen molar-refractivity contribution in [2.75, 3.05) is 0 Å². The number of benzene rings is 1. The topological polar surface area (TPSA) is 110 Å². The number of amides is 2. The minimum atomic E-state index is -1.17. The van der Waals surface area contributed by atoms with E-state index >= 15 is 0 Å². The predicted molar refractivity (Wildman–Crippen MR) is 97.7 cm³/mol. The van der Waals surface area contributed by atoms with Gasteiger partial charge in [-0.3, -0.25) is 9.59 Å². The number of carbonyl (C=O) groups is 3. The van der Waals surface area contributed by atoms with Gasteiger partial charge in [0.2, 0.25) is 5.91 Å². The molecular weight excluding hydrogens is 360 g/mol. The number of nitrogens with zero attached hydrogens (tertiary/aromatic N) is 1. The van der Waals surface area contributed by atoms with Crippen LogP contribution in [0.25, 0.3) is 0 Å². The maximum absolute atomic E-state index is 12.9. The van der Waals surface area contributed by atoms with Crippen LogP contribution in [0.5, 0.6) is 0 Å². The summed E-state index contributed by atoms with van der Waals surface area (Å²) in [6.07, 6.45) is -1.89. The van der Waals surface area contributed by atoms with Crippen molar-refractivity contribution >= 4 is 29.6 Å². The van der Waals surface area contributed by atoms with Crippen LogP contribution >= 0.6 is 11.6 Å². The van der Waals surface area contributed by atoms with E-state index in [1.54, 1.807) is 52.0 Å². The summed E-state index contributed by atoms with van der Waals surface area (Å²) in [5.74, 6) is -2.10. The summed E-state index contributed by atoms with van der Waals surface area (Å²) in [6.45, 7) is 6.75. The third kappa shape index (κ3) is 6.00. The van der Waals surface area contributed by atoms with E-state index in [1.165, 1.54) is 0 Å². The molecule has 0 fully saturated rings. The van der Waals surface area contributed by atoms with Crippen LogP contribution in [0.15, 0.2) is 24.3 Å². The molecule has 7 nitrogen and oxygen atoms in total. The monoisotopic (exact) mass is 384 g/mol. The number of ether oxygens (including phenoxy) is 1. The lowest BCUT2D eigenvalue weighted by molar-refractivity contribution is -0.140. The van der Waals surface area contributed by atoms with E-state index < -0.39 is 42.6 Å². The minimum absolute atomic E-state index is 0.243. The van der Waals surface area contributed by atoms with Crippen molar-refractivity contribution in [1.82, 2.24) is 4.90 Å².